The van der Waals surface area contributed by atoms with Crippen LogP contribution in [0.15, 0.2) is 0 Å². The van der Waals surface area contributed by atoms with Gasteiger partial charge in [0.05, 0.1) is 6.61 Å². The quantitative estimate of drug-likeness (QED) is 0.450. The van der Waals surface area contributed by atoms with E-state index in [2.05, 4.69) is 32.4 Å². The van der Waals surface area contributed by atoms with Crippen molar-refractivity contribution in [2.24, 2.45) is 0 Å². The fourth-order valence-corrected chi connectivity index (χ4v) is 3.27. The lowest BCUT2D eigenvalue weighted by Gasteiger charge is -2.34. The van der Waals surface area contributed by atoms with Crippen LogP contribution in [0.5, 0.6) is 0 Å². The van der Waals surface area contributed by atoms with Gasteiger partial charge in [0, 0.05) is 25.6 Å². The predicted molar refractivity (Wildman–Crippen MR) is 76.5 cm³/mol. The van der Waals surface area contributed by atoms with Gasteiger partial charge in [0.1, 0.15) is 5.78 Å². The number of Topliss-reactive ketones (excluding diaryl/α,β-unsaturated/α-hetero) is 1. The maximum absolute atomic E-state index is 10.8. The fourth-order valence-electron chi connectivity index (χ4n) is 1.81. The zero-order chi connectivity index (χ0) is 14.1. The van der Waals surface area contributed by atoms with Gasteiger partial charge in [-0.2, -0.15) is 0 Å². The van der Waals surface area contributed by atoms with Crippen molar-refractivity contribution < 1.29 is 13.8 Å². The van der Waals surface area contributed by atoms with Crippen LogP contribution < -0.4 is 0 Å². The van der Waals surface area contributed by atoms with Crippen LogP contribution >= 0.6 is 8.53 Å². The molecule has 0 saturated carbocycles. The molecule has 0 aliphatic heterocycles. The summed E-state index contributed by atoms with van der Waals surface area (Å²) in [6.07, 6.45) is 2.45. The molecule has 1 unspecified atom stereocenters. The number of carbonyl (C=O) groups excluding carboxylic acids is 1. The Balaban J connectivity index is 4.04. The van der Waals surface area contributed by atoms with Crippen LogP contribution in [0, 0.1) is 0 Å². The maximum atomic E-state index is 10.8. The monoisotopic (exact) mass is 277 g/mol. The van der Waals surface area contributed by atoms with Crippen LogP contribution in [-0.4, -0.2) is 36.3 Å². The van der Waals surface area contributed by atoms with Crippen molar-refractivity contribution in [3.05, 3.63) is 0 Å². The number of ketones is 1. The molecule has 0 aromatic heterocycles. The van der Waals surface area contributed by atoms with Gasteiger partial charge in [0.25, 0.3) is 8.53 Å². The Bertz CT molecular complexity index is 226. The number of carbonyl (C=O) groups is 1. The molecule has 0 N–H and O–H groups in total. The van der Waals surface area contributed by atoms with E-state index in [-0.39, 0.29) is 5.78 Å². The van der Waals surface area contributed by atoms with E-state index in [4.69, 9.17) is 9.05 Å². The third kappa shape index (κ3) is 7.42. The van der Waals surface area contributed by atoms with E-state index in [0.717, 1.165) is 12.8 Å². The summed E-state index contributed by atoms with van der Waals surface area (Å²) in [7, 11) is 0.709. The summed E-state index contributed by atoms with van der Waals surface area (Å²) in [5.74, 6) is 0.245. The Morgan fingerprint density at radius 2 is 1.72 bits per heavy atom. The average molecular weight is 277 g/mol. The lowest BCUT2D eigenvalue weighted by molar-refractivity contribution is -0.117. The number of rotatable bonds is 10. The van der Waals surface area contributed by atoms with Gasteiger partial charge in [-0.3, -0.25) is 0 Å². The van der Waals surface area contributed by atoms with Crippen LogP contribution in [0.1, 0.15) is 53.9 Å². The standard InChI is InChI=1S/C13H28NO3P/c1-11(2)14(12(3)4)18(16-6)17-10-8-7-9-13(5)15/h11-12H,7-10H2,1-6H3. The highest BCUT2D eigenvalue weighted by Crippen LogP contribution is 2.45. The zero-order valence-electron chi connectivity index (χ0n) is 12.6. The zero-order valence-corrected chi connectivity index (χ0v) is 13.5. The third-order valence-electron chi connectivity index (χ3n) is 2.53. The molecule has 0 spiro atoms. The van der Waals surface area contributed by atoms with E-state index in [1.165, 1.54) is 0 Å². The lowest BCUT2D eigenvalue weighted by Crippen LogP contribution is -2.33. The molecule has 18 heavy (non-hydrogen) atoms. The van der Waals surface area contributed by atoms with Gasteiger partial charge in [-0.05, 0) is 47.5 Å². The van der Waals surface area contributed by atoms with Crippen molar-refractivity contribution in [1.29, 1.82) is 0 Å². The molecule has 1 atom stereocenters. The molecule has 0 aliphatic carbocycles. The molecule has 0 bridgehead atoms. The van der Waals surface area contributed by atoms with Gasteiger partial charge in [0.2, 0.25) is 0 Å². The highest BCUT2D eigenvalue weighted by Gasteiger charge is 2.25. The summed E-state index contributed by atoms with van der Waals surface area (Å²) in [6, 6.07) is 0.793. The molecule has 0 amide bonds. The van der Waals surface area contributed by atoms with Crippen LogP contribution in [-0.2, 0) is 13.8 Å². The van der Waals surface area contributed by atoms with Crippen molar-refractivity contribution in [3.8, 4) is 0 Å². The Hall–Kier alpha value is -0.0200. The fraction of sp³-hybridized carbons (Fsp3) is 0.923. The second kappa shape index (κ2) is 9.85. The lowest BCUT2D eigenvalue weighted by atomic mass is 10.2. The highest BCUT2D eigenvalue weighted by atomic mass is 31.2. The molecule has 0 rings (SSSR count). The summed E-state index contributed by atoms with van der Waals surface area (Å²) in [5.41, 5.74) is 0. The molecule has 0 aliphatic rings. The smallest absolute Gasteiger partial charge is 0.258 e. The Labute approximate surface area is 113 Å². The first-order valence-corrected chi connectivity index (χ1v) is 7.78. The number of nitrogens with zero attached hydrogens (tertiary/aromatic N) is 1. The topological polar surface area (TPSA) is 38.8 Å². The van der Waals surface area contributed by atoms with Crippen molar-refractivity contribution in [3.63, 3.8) is 0 Å². The van der Waals surface area contributed by atoms with Crippen molar-refractivity contribution >= 4 is 14.3 Å². The number of hydrogen-bond acceptors (Lipinski definition) is 4. The molecule has 0 radical (unpaired) electrons. The molecule has 5 heteroatoms. The summed E-state index contributed by atoms with van der Waals surface area (Å²) < 4.78 is 13.5. The van der Waals surface area contributed by atoms with E-state index in [1.807, 2.05) is 0 Å². The molecule has 0 fully saturated rings. The number of unbranched alkanes of at least 4 members (excludes halogenated alkanes) is 1. The van der Waals surface area contributed by atoms with Gasteiger partial charge < -0.3 is 13.8 Å². The molecule has 4 nitrogen and oxygen atoms in total. The second-order valence-corrected chi connectivity index (χ2v) is 6.54. The molecule has 0 aromatic rings. The summed E-state index contributed by atoms with van der Waals surface area (Å²) in [5, 5.41) is 0. The highest BCUT2D eigenvalue weighted by molar-refractivity contribution is 7.44. The normalized spacial score (nSPS) is 13.6. The van der Waals surface area contributed by atoms with Crippen molar-refractivity contribution in [2.75, 3.05) is 13.7 Å². The van der Waals surface area contributed by atoms with Gasteiger partial charge in [-0.1, -0.05) is 0 Å². The van der Waals surface area contributed by atoms with Crippen LogP contribution in [0.25, 0.3) is 0 Å². The average Bonchev–Trinajstić information content (AvgIpc) is 2.25. The predicted octanol–water partition coefficient (Wildman–Crippen LogP) is 3.75. The van der Waals surface area contributed by atoms with Crippen LogP contribution in [0.2, 0.25) is 0 Å². The third-order valence-corrected chi connectivity index (χ3v) is 4.54. The first-order valence-electron chi connectivity index (χ1n) is 6.65. The first kappa shape index (κ1) is 18.0. The van der Waals surface area contributed by atoms with Crippen LogP contribution in [0.4, 0.5) is 0 Å². The molecular formula is C13H28NO3P. The van der Waals surface area contributed by atoms with Crippen LogP contribution in [0.3, 0.4) is 0 Å². The Kier molecular flexibility index (Phi) is 9.84. The van der Waals surface area contributed by atoms with Gasteiger partial charge in [-0.15, -0.1) is 0 Å². The van der Waals surface area contributed by atoms with Crippen molar-refractivity contribution in [1.82, 2.24) is 4.67 Å². The van der Waals surface area contributed by atoms with E-state index in [9.17, 15) is 4.79 Å². The minimum Gasteiger partial charge on any atom is -0.325 e. The SMILES string of the molecule is COP(OCCCCC(C)=O)N(C(C)C)C(C)C. The van der Waals surface area contributed by atoms with E-state index < -0.39 is 8.53 Å². The molecule has 0 saturated heterocycles. The van der Waals surface area contributed by atoms with Crippen molar-refractivity contribution in [2.45, 2.75) is 66.0 Å². The summed E-state index contributed by atoms with van der Waals surface area (Å²) >= 11 is 0. The molecule has 0 heterocycles. The first-order chi connectivity index (χ1) is 8.40. The second-order valence-electron chi connectivity index (χ2n) is 4.98. The van der Waals surface area contributed by atoms with Gasteiger partial charge >= 0.3 is 0 Å². The van der Waals surface area contributed by atoms with Gasteiger partial charge in [0.15, 0.2) is 0 Å². The molecular weight excluding hydrogens is 249 g/mol. The number of hydrogen-bond donors (Lipinski definition) is 0. The Morgan fingerprint density at radius 1 is 1.17 bits per heavy atom. The van der Waals surface area contributed by atoms with Gasteiger partial charge in [-0.25, -0.2) is 4.67 Å². The molecule has 108 valence electrons. The summed E-state index contributed by atoms with van der Waals surface area (Å²) in [6.45, 7) is 10.9. The summed E-state index contributed by atoms with van der Waals surface area (Å²) in [4.78, 5) is 10.8. The minimum absolute atomic E-state index is 0.245. The molecule has 0 aromatic carbocycles. The maximum Gasteiger partial charge on any atom is 0.258 e. The largest absolute Gasteiger partial charge is 0.325 e. The minimum atomic E-state index is -0.984. The Morgan fingerprint density at radius 3 is 2.11 bits per heavy atom. The van der Waals surface area contributed by atoms with E-state index in [0.29, 0.717) is 25.1 Å². The van der Waals surface area contributed by atoms with E-state index >= 15 is 0 Å². The van der Waals surface area contributed by atoms with E-state index in [1.54, 1.807) is 14.0 Å².